The number of nitrogens with zero attached hydrogens (tertiary/aromatic N) is 2. The van der Waals surface area contributed by atoms with Gasteiger partial charge >= 0.3 is 6.03 Å². The lowest BCUT2D eigenvalue weighted by atomic mass is 9.83. The number of carbonyl (C=O) groups is 1. The van der Waals surface area contributed by atoms with Gasteiger partial charge in [-0.25, -0.2) is 13.2 Å². The van der Waals surface area contributed by atoms with E-state index in [-0.39, 0.29) is 23.0 Å². The van der Waals surface area contributed by atoms with Crippen LogP contribution in [0.5, 0.6) is 0 Å². The Bertz CT molecular complexity index is 719. The van der Waals surface area contributed by atoms with Gasteiger partial charge < -0.3 is 15.1 Å². The molecule has 1 N–H and O–H groups in total. The van der Waals surface area contributed by atoms with Crippen LogP contribution in [0.1, 0.15) is 19.3 Å². The minimum Gasteiger partial charge on any atom is -0.372 e. The molecule has 3 saturated heterocycles. The molecule has 7 heteroatoms. The Morgan fingerprint density at radius 2 is 1.62 bits per heavy atom. The second-order valence-corrected chi connectivity index (χ2v) is 9.48. The summed E-state index contributed by atoms with van der Waals surface area (Å²) in [5.41, 5.74) is 1.83. The van der Waals surface area contributed by atoms with Gasteiger partial charge in [0.05, 0.1) is 11.5 Å². The third-order valence-corrected chi connectivity index (χ3v) is 7.34. The molecule has 2 amide bonds. The molecule has 0 atom stereocenters. The fourth-order valence-electron chi connectivity index (χ4n) is 4.09. The molecule has 6 nitrogen and oxygen atoms in total. The molecular formula is C17H23N3O3S. The minimum atomic E-state index is -2.84. The number of benzene rings is 1. The summed E-state index contributed by atoms with van der Waals surface area (Å²) in [6.07, 6.45) is 3.79. The molecule has 130 valence electrons. The summed E-state index contributed by atoms with van der Waals surface area (Å²) < 4.78 is 22.6. The summed E-state index contributed by atoms with van der Waals surface area (Å²) in [4.78, 5) is 16.3. The molecule has 0 aliphatic carbocycles. The summed E-state index contributed by atoms with van der Waals surface area (Å²) in [6.45, 7) is 3.29. The van der Waals surface area contributed by atoms with Crippen molar-refractivity contribution in [3.63, 3.8) is 0 Å². The van der Waals surface area contributed by atoms with E-state index in [0.717, 1.165) is 18.8 Å². The lowest BCUT2D eigenvalue weighted by molar-refractivity contribution is 0.0618. The van der Waals surface area contributed by atoms with E-state index in [2.05, 4.69) is 22.3 Å². The van der Waals surface area contributed by atoms with E-state index in [4.69, 9.17) is 0 Å². The predicted molar refractivity (Wildman–Crippen MR) is 94.2 cm³/mol. The van der Waals surface area contributed by atoms with Crippen LogP contribution in [0.2, 0.25) is 0 Å². The average Bonchev–Trinajstić information content (AvgIpc) is 2.51. The number of carbonyl (C=O) groups excluding carboxylic acids is 1. The summed E-state index contributed by atoms with van der Waals surface area (Å²) >= 11 is 0. The Morgan fingerprint density at radius 3 is 2.21 bits per heavy atom. The van der Waals surface area contributed by atoms with Gasteiger partial charge in [0.1, 0.15) is 0 Å². The number of hydrogen-bond donors (Lipinski definition) is 1. The second-order valence-electron chi connectivity index (χ2n) is 7.41. The van der Waals surface area contributed by atoms with Crippen LogP contribution in [-0.4, -0.2) is 57.0 Å². The summed E-state index contributed by atoms with van der Waals surface area (Å²) in [7, 11) is -2.84. The van der Waals surface area contributed by atoms with Gasteiger partial charge in [-0.15, -0.1) is 0 Å². The molecule has 3 heterocycles. The minimum absolute atomic E-state index is 0.143. The quantitative estimate of drug-likeness (QED) is 0.886. The summed E-state index contributed by atoms with van der Waals surface area (Å²) in [5, 5.41) is 2.90. The third kappa shape index (κ3) is 2.97. The second kappa shape index (κ2) is 5.65. The first kappa shape index (κ1) is 15.7. The molecule has 3 fully saturated rings. The van der Waals surface area contributed by atoms with Crippen LogP contribution in [-0.2, 0) is 9.84 Å². The maximum absolute atomic E-state index is 12.2. The summed E-state index contributed by atoms with van der Waals surface area (Å²) in [6, 6.07) is 7.83. The fourth-order valence-corrected chi connectivity index (χ4v) is 6.24. The maximum Gasteiger partial charge on any atom is 0.321 e. The highest BCUT2D eigenvalue weighted by molar-refractivity contribution is 7.92. The highest BCUT2D eigenvalue weighted by atomic mass is 32.2. The molecule has 3 aliphatic heterocycles. The Kier molecular flexibility index (Phi) is 3.71. The molecule has 0 aromatic heterocycles. The highest BCUT2D eigenvalue weighted by Gasteiger charge is 2.57. The Labute approximate surface area is 142 Å². The van der Waals surface area contributed by atoms with Crippen LogP contribution in [0.15, 0.2) is 24.3 Å². The maximum atomic E-state index is 12.2. The van der Waals surface area contributed by atoms with E-state index in [1.807, 2.05) is 12.1 Å². The van der Waals surface area contributed by atoms with Gasteiger partial charge in [0.25, 0.3) is 0 Å². The monoisotopic (exact) mass is 349 g/mol. The standard InChI is InChI=1S/C17H23N3O3S/c21-16(20-10-17(11-20)12-24(22,23)13-17)18-14-4-6-15(7-5-14)19-8-2-1-3-9-19/h4-7H,1-3,8-13H2,(H,18,21). The molecule has 4 rings (SSSR count). The number of anilines is 2. The molecule has 0 bridgehead atoms. The van der Waals surface area contributed by atoms with Crippen LogP contribution >= 0.6 is 0 Å². The zero-order valence-corrected chi connectivity index (χ0v) is 14.5. The van der Waals surface area contributed by atoms with E-state index in [0.29, 0.717) is 13.1 Å². The van der Waals surface area contributed by atoms with Crippen molar-refractivity contribution in [3.8, 4) is 0 Å². The van der Waals surface area contributed by atoms with E-state index >= 15 is 0 Å². The molecule has 24 heavy (non-hydrogen) atoms. The number of piperidine rings is 1. The van der Waals surface area contributed by atoms with E-state index in [1.54, 1.807) is 4.90 Å². The largest absolute Gasteiger partial charge is 0.372 e. The molecule has 1 aromatic carbocycles. The van der Waals surface area contributed by atoms with Gasteiger partial charge in [0.15, 0.2) is 9.84 Å². The lowest BCUT2D eigenvalue weighted by Crippen LogP contribution is -2.69. The van der Waals surface area contributed by atoms with Gasteiger partial charge in [-0.05, 0) is 43.5 Å². The smallest absolute Gasteiger partial charge is 0.321 e. The molecule has 0 unspecified atom stereocenters. The summed E-state index contributed by atoms with van der Waals surface area (Å²) in [5.74, 6) is 0.461. The van der Waals surface area contributed by atoms with Crippen LogP contribution in [0, 0.1) is 5.41 Å². The van der Waals surface area contributed by atoms with Gasteiger partial charge in [-0.2, -0.15) is 0 Å². The first-order valence-electron chi connectivity index (χ1n) is 8.56. The van der Waals surface area contributed by atoms with E-state index in [9.17, 15) is 13.2 Å². The average molecular weight is 349 g/mol. The van der Waals surface area contributed by atoms with Crippen molar-refractivity contribution in [2.75, 3.05) is 47.9 Å². The molecular weight excluding hydrogens is 326 g/mol. The fraction of sp³-hybridized carbons (Fsp3) is 0.588. The Morgan fingerprint density at radius 1 is 1.00 bits per heavy atom. The molecule has 3 aliphatic rings. The van der Waals surface area contributed by atoms with Crippen molar-refractivity contribution >= 4 is 27.2 Å². The van der Waals surface area contributed by atoms with Gasteiger partial charge in [0.2, 0.25) is 0 Å². The van der Waals surface area contributed by atoms with Gasteiger partial charge in [0, 0.05) is 43.0 Å². The highest BCUT2D eigenvalue weighted by Crippen LogP contribution is 2.41. The van der Waals surface area contributed by atoms with E-state index < -0.39 is 9.84 Å². The predicted octanol–water partition coefficient (Wildman–Crippen LogP) is 1.94. The van der Waals surface area contributed by atoms with Crippen LogP contribution in [0.3, 0.4) is 0 Å². The van der Waals surface area contributed by atoms with Crippen molar-refractivity contribution in [1.29, 1.82) is 0 Å². The van der Waals surface area contributed by atoms with Crippen LogP contribution in [0.25, 0.3) is 0 Å². The zero-order chi connectivity index (χ0) is 16.8. The van der Waals surface area contributed by atoms with Crippen molar-refractivity contribution in [1.82, 2.24) is 4.90 Å². The van der Waals surface area contributed by atoms with Crippen molar-refractivity contribution in [2.24, 2.45) is 5.41 Å². The van der Waals surface area contributed by atoms with E-state index in [1.165, 1.54) is 24.9 Å². The van der Waals surface area contributed by atoms with Crippen molar-refractivity contribution in [2.45, 2.75) is 19.3 Å². The number of sulfone groups is 1. The molecule has 1 aromatic rings. The number of nitrogens with one attached hydrogen (secondary N) is 1. The normalized spacial score (nSPS) is 24.2. The lowest BCUT2D eigenvalue weighted by Gasteiger charge is -2.54. The third-order valence-electron chi connectivity index (χ3n) is 5.23. The SMILES string of the molecule is O=C(Nc1ccc(N2CCCCC2)cc1)N1CC2(C1)CS(=O)(=O)C2. The molecule has 0 saturated carbocycles. The van der Waals surface area contributed by atoms with Crippen LogP contribution < -0.4 is 10.2 Å². The van der Waals surface area contributed by atoms with Crippen molar-refractivity contribution in [3.05, 3.63) is 24.3 Å². The number of rotatable bonds is 2. The first-order valence-corrected chi connectivity index (χ1v) is 10.4. The number of amides is 2. The van der Waals surface area contributed by atoms with Gasteiger partial charge in [-0.3, -0.25) is 0 Å². The van der Waals surface area contributed by atoms with Crippen LogP contribution in [0.4, 0.5) is 16.2 Å². The Balaban J connectivity index is 1.30. The Hall–Kier alpha value is -1.76. The molecule has 1 spiro atoms. The number of likely N-dealkylation sites (tertiary alicyclic amines) is 1. The number of urea groups is 1. The zero-order valence-electron chi connectivity index (χ0n) is 13.7. The first-order chi connectivity index (χ1) is 11.4. The van der Waals surface area contributed by atoms with Crippen molar-refractivity contribution < 1.29 is 13.2 Å². The molecule has 0 radical (unpaired) electrons. The number of hydrogen-bond acceptors (Lipinski definition) is 4. The van der Waals surface area contributed by atoms with Gasteiger partial charge in [-0.1, -0.05) is 0 Å². The topological polar surface area (TPSA) is 69.7 Å².